The molecule has 6 heteroatoms. The van der Waals surface area contributed by atoms with Crippen molar-refractivity contribution in [2.24, 2.45) is 0 Å². The molecule has 0 saturated heterocycles. The number of carbonyl (C=O) groups is 1. The lowest BCUT2D eigenvalue weighted by atomic mass is 9.91. The molecular formula is C19H14F3NO2. The van der Waals surface area contributed by atoms with Gasteiger partial charge in [-0.25, -0.2) is 0 Å². The van der Waals surface area contributed by atoms with Gasteiger partial charge in [-0.15, -0.1) is 0 Å². The van der Waals surface area contributed by atoms with E-state index < -0.39 is 11.7 Å². The first kappa shape index (κ1) is 15.7. The lowest BCUT2D eigenvalue weighted by molar-refractivity contribution is -0.137. The van der Waals surface area contributed by atoms with Gasteiger partial charge in [0.1, 0.15) is 12.4 Å². The van der Waals surface area contributed by atoms with Crippen LogP contribution in [-0.4, -0.2) is 18.9 Å². The maximum Gasteiger partial charge on any atom is 0.416 e. The first-order chi connectivity index (χ1) is 11.9. The summed E-state index contributed by atoms with van der Waals surface area (Å²) in [5.74, 6) is 0.0511. The van der Waals surface area contributed by atoms with Crippen LogP contribution in [0.4, 0.5) is 18.9 Å². The third-order valence-electron chi connectivity index (χ3n) is 4.38. The number of hydrogen-bond donors (Lipinski definition) is 0. The zero-order valence-electron chi connectivity index (χ0n) is 13.1. The standard InChI is InChI=1S/C19H14F3NO2/c20-19(21,22)15-9-13-8-14(18(24)12-4-2-1-3-5-12)11-23-6-7-25-16(10-15)17(13)23/h1-5,9-11H,6-8H2. The summed E-state index contributed by atoms with van der Waals surface area (Å²) in [6.07, 6.45) is -2.57. The summed E-state index contributed by atoms with van der Waals surface area (Å²) in [5.41, 5.74) is 1.34. The van der Waals surface area contributed by atoms with Crippen molar-refractivity contribution in [1.82, 2.24) is 0 Å². The van der Waals surface area contributed by atoms with Crippen LogP contribution in [0.3, 0.4) is 0 Å². The smallest absolute Gasteiger partial charge is 0.416 e. The summed E-state index contributed by atoms with van der Waals surface area (Å²) in [6.45, 7) is 0.772. The molecule has 0 unspecified atom stereocenters. The van der Waals surface area contributed by atoms with E-state index in [4.69, 9.17) is 4.74 Å². The van der Waals surface area contributed by atoms with Gasteiger partial charge in [0.15, 0.2) is 5.78 Å². The molecule has 128 valence electrons. The van der Waals surface area contributed by atoms with E-state index in [0.29, 0.717) is 28.9 Å². The van der Waals surface area contributed by atoms with Gasteiger partial charge < -0.3 is 9.64 Å². The number of benzene rings is 2. The molecular weight excluding hydrogens is 331 g/mol. The van der Waals surface area contributed by atoms with Crippen LogP contribution in [0.1, 0.15) is 21.5 Å². The highest BCUT2D eigenvalue weighted by molar-refractivity contribution is 6.09. The molecule has 0 amide bonds. The Balaban J connectivity index is 1.77. The summed E-state index contributed by atoms with van der Waals surface area (Å²) in [4.78, 5) is 14.5. The molecule has 2 aliphatic heterocycles. The van der Waals surface area contributed by atoms with Crippen LogP contribution in [0.25, 0.3) is 0 Å². The number of Topliss-reactive ketones (excluding diaryl/α,β-unsaturated/α-hetero) is 1. The van der Waals surface area contributed by atoms with Gasteiger partial charge in [0, 0.05) is 23.8 Å². The quantitative estimate of drug-likeness (QED) is 0.763. The van der Waals surface area contributed by atoms with Gasteiger partial charge in [0.25, 0.3) is 0 Å². The van der Waals surface area contributed by atoms with Gasteiger partial charge in [0.05, 0.1) is 17.8 Å². The Bertz CT molecular complexity index is 872. The van der Waals surface area contributed by atoms with Crippen LogP contribution in [0.2, 0.25) is 0 Å². The fraction of sp³-hybridized carbons (Fsp3) is 0.211. The monoisotopic (exact) mass is 345 g/mol. The minimum Gasteiger partial charge on any atom is -0.490 e. The lowest BCUT2D eigenvalue weighted by Crippen LogP contribution is -2.33. The highest BCUT2D eigenvalue weighted by atomic mass is 19.4. The zero-order valence-corrected chi connectivity index (χ0v) is 13.1. The number of anilines is 1. The summed E-state index contributed by atoms with van der Waals surface area (Å²) < 4.78 is 44.9. The molecule has 4 rings (SSSR count). The van der Waals surface area contributed by atoms with E-state index >= 15 is 0 Å². The second-order valence-electron chi connectivity index (χ2n) is 6.05. The molecule has 0 radical (unpaired) electrons. The van der Waals surface area contributed by atoms with E-state index in [-0.39, 0.29) is 24.6 Å². The van der Waals surface area contributed by atoms with Gasteiger partial charge in [-0.2, -0.15) is 13.2 Å². The Labute approximate surface area is 142 Å². The van der Waals surface area contributed by atoms with Crippen LogP contribution in [0.15, 0.2) is 54.2 Å². The second-order valence-corrected chi connectivity index (χ2v) is 6.05. The summed E-state index contributed by atoms with van der Waals surface area (Å²) >= 11 is 0. The maximum atomic E-state index is 13.2. The molecule has 0 bridgehead atoms. The molecule has 0 spiro atoms. The number of ether oxygens (including phenoxy) is 1. The Hall–Kier alpha value is -2.76. The van der Waals surface area contributed by atoms with Crippen LogP contribution < -0.4 is 9.64 Å². The predicted octanol–water partition coefficient (Wildman–Crippen LogP) is 4.23. The maximum absolute atomic E-state index is 13.2. The third-order valence-corrected chi connectivity index (χ3v) is 4.38. The van der Waals surface area contributed by atoms with Gasteiger partial charge >= 0.3 is 6.18 Å². The van der Waals surface area contributed by atoms with Gasteiger partial charge in [-0.3, -0.25) is 4.79 Å². The van der Waals surface area contributed by atoms with Crippen molar-refractivity contribution >= 4 is 11.5 Å². The topological polar surface area (TPSA) is 29.5 Å². The van der Waals surface area contributed by atoms with E-state index in [0.717, 1.165) is 12.1 Å². The molecule has 0 atom stereocenters. The third kappa shape index (κ3) is 2.77. The van der Waals surface area contributed by atoms with Crippen molar-refractivity contribution in [3.63, 3.8) is 0 Å². The number of halogens is 3. The highest BCUT2D eigenvalue weighted by Crippen LogP contribution is 2.44. The number of carbonyl (C=O) groups excluding carboxylic acids is 1. The molecule has 0 aliphatic carbocycles. The molecule has 2 heterocycles. The zero-order chi connectivity index (χ0) is 17.6. The number of rotatable bonds is 2. The average Bonchev–Trinajstić information content (AvgIpc) is 2.61. The van der Waals surface area contributed by atoms with E-state index in [1.165, 1.54) is 0 Å². The van der Waals surface area contributed by atoms with Gasteiger partial charge in [0.2, 0.25) is 0 Å². The lowest BCUT2D eigenvalue weighted by Gasteiger charge is -2.35. The number of hydrogen-bond acceptors (Lipinski definition) is 3. The highest BCUT2D eigenvalue weighted by Gasteiger charge is 2.35. The van der Waals surface area contributed by atoms with Crippen LogP contribution in [0, 0.1) is 0 Å². The SMILES string of the molecule is O=C(C1=CN2CCOc3cc(C(F)(F)F)cc(c32)C1)c1ccccc1. The van der Waals surface area contributed by atoms with Crippen LogP contribution in [0.5, 0.6) is 5.75 Å². The Morgan fingerprint density at radius 1 is 1.12 bits per heavy atom. The van der Waals surface area contributed by atoms with Gasteiger partial charge in [-0.1, -0.05) is 30.3 Å². The molecule has 2 aromatic rings. The number of allylic oxidation sites excluding steroid dienone is 1. The molecule has 2 aliphatic rings. The molecule has 2 aromatic carbocycles. The predicted molar refractivity (Wildman–Crippen MR) is 86.8 cm³/mol. The normalized spacial score (nSPS) is 16.0. The molecule has 25 heavy (non-hydrogen) atoms. The summed E-state index contributed by atoms with van der Waals surface area (Å²) in [7, 11) is 0. The van der Waals surface area contributed by atoms with Crippen molar-refractivity contribution in [1.29, 1.82) is 0 Å². The van der Waals surface area contributed by atoms with E-state index in [1.807, 2.05) is 11.0 Å². The number of alkyl halides is 3. The fourth-order valence-corrected chi connectivity index (χ4v) is 3.25. The van der Waals surface area contributed by atoms with Crippen molar-refractivity contribution < 1.29 is 22.7 Å². The summed E-state index contributed by atoms with van der Waals surface area (Å²) in [5, 5.41) is 0. The van der Waals surface area contributed by atoms with Crippen LogP contribution >= 0.6 is 0 Å². The van der Waals surface area contributed by atoms with Crippen molar-refractivity contribution in [3.8, 4) is 5.75 Å². The minimum absolute atomic E-state index is 0.153. The first-order valence-corrected chi connectivity index (χ1v) is 7.87. The second kappa shape index (κ2) is 5.65. The van der Waals surface area contributed by atoms with Crippen molar-refractivity contribution in [2.45, 2.75) is 12.6 Å². The van der Waals surface area contributed by atoms with Crippen molar-refractivity contribution in [2.75, 3.05) is 18.1 Å². The van der Waals surface area contributed by atoms with Crippen LogP contribution in [-0.2, 0) is 12.6 Å². The largest absolute Gasteiger partial charge is 0.490 e. The Kier molecular flexibility index (Phi) is 3.56. The molecule has 0 fully saturated rings. The van der Waals surface area contributed by atoms with Gasteiger partial charge in [-0.05, 0) is 17.7 Å². The minimum atomic E-state index is -4.46. The molecule has 0 aromatic heterocycles. The fourth-order valence-electron chi connectivity index (χ4n) is 3.25. The summed E-state index contributed by atoms with van der Waals surface area (Å²) in [6, 6.07) is 10.9. The molecule has 0 saturated carbocycles. The van der Waals surface area contributed by atoms with E-state index in [2.05, 4.69) is 0 Å². The number of nitrogens with zero attached hydrogens (tertiary/aromatic N) is 1. The number of ketones is 1. The molecule has 3 nitrogen and oxygen atoms in total. The average molecular weight is 345 g/mol. The Morgan fingerprint density at radius 2 is 1.88 bits per heavy atom. The van der Waals surface area contributed by atoms with E-state index in [9.17, 15) is 18.0 Å². The van der Waals surface area contributed by atoms with Crippen molar-refractivity contribution in [3.05, 3.63) is 70.9 Å². The molecule has 0 N–H and O–H groups in total. The Morgan fingerprint density at radius 3 is 2.60 bits per heavy atom. The van der Waals surface area contributed by atoms with E-state index in [1.54, 1.807) is 30.5 Å². The first-order valence-electron chi connectivity index (χ1n) is 7.87.